The minimum absolute atomic E-state index is 0.183. The summed E-state index contributed by atoms with van der Waals surface area (Å²) >= 11 is 0. The molecular formula is C11H17NO2. The molecule has 1 fully saturated rings. The maximum absolute atomic E-state index is 9.64. The molecule has 0 saturated heterocycles. The van der Waals surface area contributed by atoms with Gasteiger partial charge in [-0.25, -0.2) is 0 Å². The topological polar surface area (TPSA) is 45.4 Å². The van der Waals surface area contributed by atoms with Crippen LogP contribution in [0.4, 0.5) is 0 Å². The molecule has 1 aromatic heterocycles. The molecule has 1 aliphatic carbocycles. The zero-order valence-electron chi connectivity index (χ0n) is 8.44. The number of hydrogen-bond acceptors (Lipinski definition) is 3. The van der Waals surface area contributed by atoms with Gasteiger partial charge < -0.3 is 14.8 Å². The quantitative estimate of drug-likeness (QED) is 0.773. The highest BCUT2D eigenvalue weighted by molar-refractivity contribution is 5.04. The second kappa shape index (κ2) is 4.15. The van der Waals surface area contributed by atoms with Crippen LogP contribution in [-0.2, 0) is 0 Å². The van der Waals surface area contributed by atoms with Gasteiger partial charge in [-0.1, -0.05) is 0 Å². The molecule has 1 aromatic rings. The molecule has 3 unspecified atom stereocenters. The number of aliphatic hydroxyl groups excluding tert-OH is 1. The van der Waals surface area contributed by atoms with Crippen LogP contribution < -0.4 is 5.32 Å². The van der Waals surface area contributed by atoms with Gasteiger partial charge in [0.2, 0.25) is 0 Å². The summed E-state index contributed by atoms with van der Waals surface area (Å²) in [5.41, 5.74) is 0. The first-order valence-electron chi connectivity index (χ1n) is 5.25. The van der Waals surface area contributed by atoms with E-state index in [4.69, 9.17) is 4.42 Å². The van der Waals surface area contributed by atoms with Crippen molar-refractivity contribution in [1.82, 2.24) is 5.32 Å². The van der Waals surface area contributed by atoms with Crippen LogP contribution in [0, 0.1) is 0 Å². The first-order valence-corrected chi connectivity index (χ1v) is 5.25. The Hall–Kier alpha value is -0.800. The molecule has 0 bridgehead atoms. The van der Waals surface area contributed by atoms with Crippen molar-refractivity contribution in [1.29, 1.82) is 0 Å². The molecule has 3 nitrogen and oxygen atoms in total. The SMILES string of the molecule is CC(NC1CCCC1O)c1ccco1. The Bertz CT molecular complexity index is 271. The second-order valence-electron chi connectivity index (χ2n) is 4.01. The molecule has 2 N–H and O–H groups in total. The van der Waals surface area contributed by atoms with E-state index in [1.807, 2.05) is 12.1 Å². The van der Waals surface area contributed by atoms with E-state index in [1.54, 1.807) is 6.26 Å². The average molecular weight is 195 g/mol. The lowest BCUT2D eigenvalue weighted by atomic mass is 10.1. The monoisotopic (exact) mass is 195 g/mol. The summed E-state index contributed by atoms with van der Waals surface area (Å²) in [5, 5.41) is 13.0. The van der Waals surface area contributed by atoms with Crippen molar-refractivity contribution in [2.24, 2.45) is 0 Å². The number of nitrogens with one attached hydrogen (secondary N) is 1. The molecule has 0 aliphatic heterocycles. The summed E-state index contributed by atoms with van der Waals surface area (Å²) in [4.78, 5) is 0. The van der Waals surface area contributed by atoms with E-state index < -0.39 is 0 Å². The lowest BCUT2D eigenvalue weighted by Gasteiger charge is -2.20. The Morgan fingerprint density at radius 1 is 1.57 bits per heavy atom. The van der Waals surface area contributed by atoms with Crippen LogP contribution >= 0.6 is 0 Å². The van der Waals surface area contributed by atoms with E-state index >= 15 is 0 Å². The molecule has 14 heavy (non-hydrogen) atoms. The van der Waals surface area contributed by atoms with Gasteiger partial charge in [-0.2, -0.15) is 0 Å². The number of rotatable bonds is 3. The van der Waals surface area contributed by atoms with E-state index in [0.717, 1.165) is 25.0 Å². The smallest absolute Gasteiger partial charge is 0.120 e. The van der Waals surface area contributed by atoms with E-state index in [0.29, 0.717) is 0 Å². The molecule has 1 heterocycles. The van der Waals surface area contributed by atoms with Crippen LogP contribution in [0.15, 0.2) is 22.8 Å². The number of hydrogen-bond donors (Lipinski definition) is 2. The van der Waals surface area contributed by atoms with Gasteiger partial charge in [0.05, 0.1) is 18.4 Å². The van der Waals surface area contributed by atoms with Crippen molar-refractivity contribution in [3.63, 3.8) is 0 Å². The molecule has 1 saturated carbocycles. The van der Waals surface area contributed by atoms with Crippen molar-refractivity contribution in [2.45, 2.75) is 44.4 Å². The second-order valence-corrected chi connectivity index (χ2v) is 4.01. The fraction of sp³-hybridized carbons (Fsp3) is 0.636. The highest BCUT2D eigenvalue weighted by Crippen LogP contribution is 2.22. The molecule has 0 amide bonds. The number of furan rings is 1. The Kier molecular flexibility index (Phi) is 2.89. The highest BCUT2D eigenvalue weighted by atomic mass is 16.3. The molecule has 1 aliphatic rings. The van der Waals surface area contributed by atoms with E-state index in [2.05, 4.69) is 12.2 Å². The third-order valence-corrected chi connectivity index (χ3v) is 2.91. The molecular weight excluding hydrogens is 178 g/mol. The molecule has 3 heteroatoms. The number of aliphatic hydroxyl groups is 1. The minimum atomic E-state index is -0.188. The molecule has 2 rings (SSSR count). The van der Waals surface area contributed by atoms with Crippen molar-refractivity contribution < 1.29 is 9.52 Å². The van der Waals surface area contributed by atoms with Gasteiger partial charge in [0.15, 0.2) is 0 Å². The van der Waals surface area contributed by atoms with Gasteiger partial charge in [0.1, 0.15) is 5.76 Å². The van der Waals surface area contributed by atoms with Crippen molar-refractivity contribution >= 4 is 0 Å². The Balaban J connectivity index is 1.91. The van der Waals surface area contributed by atoms with Crippen molar-refractivity contribution in [3.8, 4) is 0 Å². The van der Waals surface area contributed by atoms with Gasteiger partial charge >= 0.3 is 0 Å². The Morgan fingerprint density at radius 2 is 2.43 bits per heavy atom. The Labute approximate surface area is 84.1 Å². The van der Waals surface area contributed by atoms with Gasteiger partial charge in [-0.05, 0) is 38.3 Å². The molecule has 0 radical (unpaired) electrons. The summed E-state index contributed by atoms with van der Waals surface area (Å²) in [6.07, 6.45) is 4.59. The summed E-state index contributed by atoms with van der Waals surface area (Å²) in [5.74, 6) is 0.934. The van der Waals surface area contributed by atoms with Gasteiger partial charge in [0.25, 0.3) is 0 Å². The van der Waals surface area contributed by atoms with Crippen molar-refractivity contribution in [3.05, 3.63) is 24.2 Å². The highest BCUT2D eigenvalue weighted by Gasteiger charge is 2.26. The summed E-state index contributed by atoms with van der Waals surface area (Å²) in [7, 11) is 0. The first kappa shape index (κ1) is 9.74. The fourth-order valence-electron chi connectivity index (χ4n) is 2.08. The third-order valence-electron chi connectivity index (χ3n) is 2.91. The van der Waals surface area contributed by atoms with Gasteiger partial charge in [-0.15, -0.1) is 0 Å². The lowest BCUT2D eigenvalue weighted by Crippen LogP contribution is -2.37. The first-order chi connectivity index (χ1) is 6.77. The van der Waals surface area contributed by atoms with Crippen molar-refractivity contribution in [2.75, 3.05) is 0 Å². The fourth-order valence-corrected chi connectivity index (χ4v) is 2.08. The predicted octanol–water partition coefficient (Wildman–Crippen LogP) is 1.84. The predicted molar refractivity (Wildman–Crippen MR) is 53.9 cm³/mol. The van der Waals surface area contributed by atoms with E-state index in [9.17, 15) is 5.11 Å². The zero-order chi connectivity index (χ0) is 9.97. The van der Waals surface area contributed by atoms with Crippen LogP contribution in [0.25, 0.3) is 0 Å². The lowest BCUT2D eigenvalue weighted by molar-refractivity contribution is 0.142. The van der Waals surface area contributed by atoms with Crippen LogP contribution in [0.2, 0.25) is 0 Å². The maximum atomic E-state index is 9.64. The van der Waals surface area contributed by atoms with E-state index in [-0.39, 0.29) is 18.2 Å². The molecule has 3 atom stereocenters. The summed E-state index contributed by atoms with van der Waals surface area (Å²) in [6.45, 7) is 2.06. The summed E-state index contributed by atoms with van der Waals surface area (Å²) in [6, 6.07) is 4.26. The molecule has 78 valence electrons. The van der Waals surface area contributed by atoms with Crippen LogP contribution in [-0.4, -0.2) is 17.3 Å². The van der Waals surface area contributed by atoms with Crippen LogP contribution in [0.1, 0.15) is 38.0 Å². The minimum Gasteiger partial charge on any atom is -0.468 e. The van der Waals surface area contributed by atoms with Crippen LogP contribution in [0.3, 0.4) is 0 Å². The third kappa shape index (κ3) is 1.99. The zero-order valence-corrected chi connectivity index (χ0v) is 8.44. The van der Waals surface area contributed by atoms with Gasteiger partial charge in [-0.3, -0.25) is 0 Å². The molecule has 0 spiro atoms. The molecule has 0 aromatic carbocycles. The summed E-state index contributed by atoms with van der Waals surface area (Å²) < 4.78 is 5.30. The maximum Gasteiger partial charge on any atom is 0.120 e. The standard InChI is InChI=1S/C11H17NO2/c1-8(11-6-3-7-14-11)12-9-4-2-5-10(9)13/h3,6-10,12-13H,2,4-5H2,1H3. The Morgan fingerprint density at radius 3 is 3.00 bits per heavy atom. The van der Waals surface area contributed by atoms with E-state index in [1.165, 1.54) is 0 Å². The largest absolute Gasteiger partial charge is 0.468 e. The van der Waals surface area contributed by atoms with Crippen LogP contribution in [0.5, 0.6) is 0 Å². The average Bonchev–Trinajstić information content (AvgIpc) is 2.77. The van der Waals surface area contributed by atoms with Gasteiger partial charge in [0, 0.05) is 6.04 Å². The normalized spacial score (nSPS) is 29.3.